The van der Waals surface area contributed by atoms with Gasteiger partial charge in [-0.3, -0.25) is 0 Å². The van der Waals surface area contributed by atoms with Crippen molar-refractivity contribution >= 4 is 6.02 Å². The van der Waals surface area contributed by atoms with Crippen molar-refractivity contribution in [3.8, 4) is 0 Å². The highest BCUT2D eigenvalue weighted by atomic mass is 16.5. The third-order valence-electron chi connectivity index (χ3n) is 2.68. The molecule has 0 bridgehead atoms. The van der Waals surface area contributed by atoms with E-state index in [-0.39, 0.29) is 13.2 Å². The van der Waals surface area contributed by atoms with Crippen LogP contribution in [0.2, 0.25) is 0 Å². The van der Waals surface area contributed by atoms with Crippen LogP contribution in [0.1, 0.15) is 6.92 Å². The first-order valence-electron chi connectivity index (χ1n) is 5.32. The van der Waals surface area contributed by atoms with Crippen molar-refractivity contribution in [3.63, 3.8) is 0 Å². The zero-order chi connectivity index (χ0) is 12.3. The Hall–Kier alpha value is -0.850. The SMILES string of the molecule is CC1N=C(N(C)C)OC[C@H](CO)[C@@H](O)[C@@H]1O. The molecule has 1 unspecified atom stereocenters. The zero-order valence-electron chi connectivity index (χ0n) is 9.87. The molecule has 3 N–H and O–H groups in total. The Morgan fingerprint density at radius 2 is 2.00 bits per heavy atom. The van der Waals surface area contributed by atoms with Crippen molar-refractivity contribution in [3.05, 3.63) is 0 Å². The van der Waals surface area contributed by atoms with E-state index in [2.05, 4.69) is 4.99 Å². The fraction of sp³-hybridized carbons (Fsp3) is 0.900. The van der Waals surface area contributed by atoms with Crippen LogP contribution in [0.4, 0.5) is 0 Å². The first-order valence-corrected chi connectivity index (χ1v) is 5.32. The average Bonchev–Trinajstić information content (AvgIpc) is 2.24. The van der Waals surface area contributed by atoms with E-state index in [1.807, 2.05) is 0 Å². The number of hydrogen-bond acceptors (Lipinski definition) is 6. The molecule has 0 amide bonds. The van der Waals surface area contributed by atoms with E-state index in [0.717, 1.165) is 0 Å². The summed E-state index contributed by atoms with van der Waals surface area (Å²) in [5.74, 6) is -0.497. The molecule has 0 fully saturated rings. The first kappa shape index (κ1) is 13.2. The maximum Gasteiger partial charge on any atom is 0.287 e. The van der Waals surface area contributed by atoms with Crippen LogP contribution in [-0.4, -0.2) is 71.8 Å². The van der Waals surface area contributed by atoms with E-state index >= 15 is 0 Å². The van der Waals surface area contributed by atoms with Gasteiger partial charge in [0.25, 0.3) is 6.02 Å². The second-order valence-electron chi connectivity index (χ2n) is 4.28. The fourth-order valence-electron chi connectivity index (χ4n) is 1.54. The van der Waals surface area contributed by atoms with Crippen LogP contribution in [-0.2, 0) is 4.74 Å². The quantitative estimate of drug-likeness (QED) is 0.520. The number of aliphatic hydroxyl groups is 3. The van der Waals surface area contributed by atoms with E-state index in [4.69, 9.17) is 9.84 Å². The molecular weight excluding hydrogens is 212 g/mol. The van der Waals surface area contributed by atoms with Crippen LogP contribution in [0.15, 0.2) is 4.99 Å². The number of nitrogens with zero attached hydrogens (tertiary/aromatic N) is 2. The second-order valence-corrected chi connectivity index (χ2v) is 4.28. The summed E-state index contributed by atoms with van der Waals surface area (Å²) in [5.41, 5.74) is 0. The van der Waals surface area contributed by atoms with Crippen molar-refractivity contribution in [2.75, 3.05) is 27.3 Å². The minimum atomic E-state index is -1.02. The molecular formula is C10H20N2O4. The Labute approximate surface area is 95.2 Å². The number of ether oxygens (including phenoxy) is 1. The van der Waals surface area contributed by atoms with Crippen LogP contribution >= 0.6 is 0 Å². The average molecular weight is 232 g/mol. The highest BCUT2D eigenvalue weighted by Gasteiger charge is 2.33. The molecule has 0 aromatic heterocycles. The molecule has 0 spiro atoms. The summed E-state index contributed by atoms with van der Waals surface area (Å²) in [4.78, 5) is 5.85. The molecule has 16 heavy (non-hydrogen) atoms. The summed E-state index contributed by atoms with van der Waals surface area (Å²) in [5, 5.41) is 28.7. The highest BCUT2D eigenvalue weighted by Crippen LogP contribution is 2.16. The molecule has 6 nitrogen and oxygen atoms in total. The molecule has 0 aromatic carbocycles. The lowest BCUT2D eigenvalue weighted by atomic mass is 9.95. The van der Waals surface area contributed by atoms with E-state index in [9.17, 15) is 10.2 Å². The molecule has 6 heteroatoms. The van der Waals surface area contributed by atoms with Gasteiger partial charge in [-0.15, -0.1) is 0 Å². The van der Waals surface area contributed by atoms with Gasteiger partial charge in [-0.1, -0.05) is 0 Å². The maximum absolute atomic E-state index is 9.81. The molecule has 4 atom stereocenters. The van der Waals surface area contributed by atoms with Crippen molar-refractivity contribution in [1.82, 2.24) is 4.90 Å². The lowest BCUT2D eigenvalue weighted by molar-refractivity contribution is -0.0598. The van der Waals surface area contributed by atoms with Crippen LogP contribution in [0.25, 0.3) is 0 Å². The topological polar surface area (TPSA) is 85.5 Å². The summed E-state index contributed by atoms with van der Waals surface area (Å²) in [7, 11) is 3.56. The molecule has 1 aliphatic rings. The molecule has 94 valence electrons. The standard InChI is InChI=1S/C10H20N2O4/c1-6-8(14)9(15)7(4-13)5-16-10(11-6)12(2)3/h6-9,13-15H,4-5H2,1-3H3/t6?,7-,8+,9+/m0/s1. The van der Waals surface area contributed by atoms with E-state index in [0.29, 0.717) is 6.02 Å². The van der Waals surface area contributed by atoms with Gasteiger partial charge in [-0.25, -0.2) is 4.99 Å². The van der Waals surface area contributed by atoms with E-state index in [1.54, 1.807) is 25.9 Å². The monoisotopic (exact) mass is 232 g/mol. The molecule has 0 radical (unpaired) electrons. The van der Waals surface area contributed by atoms with Gasteiger partial charge in [0.1, 0.15) is 6.10 Å². The minimum Gasteiger partial charge on any atom is -0.465 e. The smallest absolute Gasteiger partial charge is 0.287 e. The Bertz CT molecular complexity index is 257. The van der Waals surface area contributed by atoms with Crippen LogP contribution < -0.4 is 0 Å². The summed E-state index contributed by atoms with van der Waals surface area (Å²) >= 11 is 0. The molecule has 0 saturated carbocycles. The predicted molar refractivity (Wildman–Crippen MR) is 59.1 cm³/mol. The first-order chi connectivity index (χ1) is 7.47. The normalized spacial score (nSPS) is 35.8. The molecule has 0 aliphatic carbocycles. The molecule has 0 aromatic rings. The number of rotatable bonds is 1. The lowest BCUT2D eigenvalue weighted by Crippen LogP contribution is -2.46. The van der Waals surface area contributed by atoms with Crippen molar-refractivity contribution in [2.45, 2.75) is 25.2 Å². The third-order valence-corrected chi connectivity index (χ3v) is 2.68. The number of aliphatic imine (C=N–C) groups is 1. The second kappa shape index (κ2) is 5.47. The summed E-state index contributed by atoms with van der Waals surface area (Å²) < 4.78 is 5.38. The summed E-state index contributed by atoms with van der Waals surface area (Å²) in [6.45, 7) is 1.60. The molecule has 0 saturated heterocycles. The van der Waals surface area contributed by atoms with Gasteiger partial charge in [-0.05, 0) is 6.92 Å². The van der Waals surface area contributed by atoms with Crippen molar-refractivity contribution in [2.24, 2.45) is 10.9 Å². The van der Waals surface area contributed by atoms with E-state index < -0.39 is 24.2 Å². The summed E-state index contributed by atoms with van der Waals surface area (Å²) in [6.07, 6.45) is -2.01. The highest BCUT2D eigenvalue weighted by molar-refractivity contribution is 5.73. The van der Waals surface area contributed by atoms with Crippen LogP contribution in [0, 0.1) is 5.92 Å². The van der Waals surface area contributed by atoms with Gasteiger partial charge in [-0.2, -0.15) is 0 Å². The molecule has 1 aliphatic heterocycles. The number of aliphatic hydroxyl groups excluding tert-OH is 3. The lowest BCUT2D eigenvalue weighted by Gasteiger charge is -2.31. The van der Waals surface area contributed by atoms with Crippen molar-refractivity contribution < 1.29 is 20.1 Å². The largest absolute Gasteiger partial charge is 0.465 e. The fourth-order valence-corrected chi connectivity index (χ4v) is 1.54. The van der Waals surface area contributed by atoms with Gasteiger partial charge in [0.2, 0.25) is 0 Å². The molecule has 1 heterocycles. The van der Waals surface area contributed by atoms with Crippen LogP contribution in [0.3, 0.4) is 0 Å². The van der Waals surface area contributed by atoms with Gasteiger partial charge in [0.15, 0.2) is 0 Å². The van der Waals surface area contributed by atoms with Crippen molar-refractivity contribution in [1.29, 1.82) is 0 Å². The zero-order valence-corrected chi connectivity index (χ0v) is 9.87. The third kappa shape index (κ3) is 2.84. The predicted octanol–water partition coefficient (Wildman–Crippen LogP) is -1.35. The Kier molecular flexibility index (Phi) is 4.52. The summed E-state index contributed by atoms with van der Waals surface area (Å²) in [6, 6.07) is -0.0707. The Morgan fingerprint density at radius 1 is 1.38 bits per heavy atom. The van der Waals surface area contributed by atoms with Gasteiger partial charge in [0.05, 0.1) is 25.4 Å². The number of amidine groups is 1. The number of hydrogen-bond donors (Lipinski definition) is 3. The Balaban J connectivity index is 2.88. The molecule has 1 rings (SSSR count). The van der Waals surface area contributed by atoms with Gasteiger partial charge < -0.3 is 25.0 Å². The van der Waals surface area contributed by atoms with E-state index in [1.165, 1.54) is 0 Å². The van der Waals surface area contributed by atoms with Crippen LogP contribution in [0.5, 0.6) is 0 Å². The Morgan fingerprint density at radius 3 is 2.50 bits per heavy atom. The maximum atomic E-state index is 9.81. The minimum absolute atomic E-state index is 0.137. The van der Waals surface area contributed by atoms with Gasteiger partial charge in [0, 0.05) is 20.0 Å². The van der Waals surface area contributed by atoms with Gasteiger partial charge >= 0.3 is 0 Å².